The van der Waals surface area contributed by atoms with E-state index in [2.05, 4.69) is 0 Å². The first-order valence-corrected chi connectivity index (χ1v) is 6.36. The van der Waals surface area contributed by atoms with Gasteiger partial charge in [0.25, 0.3) is 0 Å². The molecule has 1 aromatic carbocycles. The summed E-state index contributed by atoms with van der Waals surface area (Å²) in [4.78, 5) is 11.5. The van der Waals surface area contributed by atoms with Crippen molar-refractivity contribution in [1.82, 2.24) is 0 Å². The molecule has 0 spiro atoms. The quantitative estimate of drug-likeness (QED) is 0.792. The molecule has 0 aromatic heterocycles. The van der Waals surface area contributed by atoms with Gasteiger partial charge in [-0.1, -0.05) is 6.07 Å². The molecule has 0 fully saturated rings. The Labute approximate surface area is 105 Å². The summed E-state index contributed by atoms with van der Waals surface area (Å²) in [7, 11) is 3.16. The molecule has 0 bridgehead atoms. The second-order valence-electron chi connectivity index (χ2n) is 3.39. The highest BCUT2D eigenvalue weighted by molar-refractivity contribution is 7.98. The molecule has 1 rings (SSSR count). The lowest BCUT2D eigenvalue weighted by Gasteiger charge is -2.14. The summed E-state index contributed by atoms with van der Waals surface area (Å²) in [5, 5.41) is 8.70. The average Bonchev–Trinajstić information content (AvgIpc) is 2.34. The van der Waals surface area contributed by atoms with E-state index in [1.165, 1.54) is 11.8 Å². The van der Waals surface area contributed by atoms with Crippen LogP contribution in [0.4, 0.5) is 0 Å². The molecule has 0 saturated heterocycles. The molecule has 0 aliphatic heterocycles. The number of aryl methyl sites for hydroxylation is 1. The molecule has 94 valence electrons. The van der Waals surface area contributed by atoms with Gasteiger partial charge < -0.3 is 14.6 Å². The number of aliphatic carboxylic acids is 1. The van der Waals surface area contributed by atoms with Crippen LogP contribution in [0, 0.1) is 0 Å². The van der Waals surface area contributed by atoms with E-state index in [0.717, 1.165) is 10.5 Å². The van der Waals surface area contributed by atoms with Crippen LogP contribution in [-0.2, 0) is 11.2 Å². The Bertz CT molecular complexity index is 404. The van der Waals surface area contributed by atoms with Crippen molar-refractivity contribution >= 4 is 17.7 Å². The fraction of sp³-hybridized carbons (Fsp3) is 0.417. The van der Waals surface area contributed by atoms with Gasteiger partial charge >= 0.3 is 5.97 Å². The maximum absolute atomic E-state index is 10.6. The molecule has 1 N–H and O–H groups in total. The highest BCUT2D eigenvalue weighted by Crippen LogP contribution is 2.39. The molecule has 5 heteroatoms. The van der Waals surface area contributed by atoms with E-state index < -0.39 is 5.97 Å². The largest absolute Gasteiger partial charge is 0.493 e. The van der Waals surface area contributed by atoms with Gasteiger partial charge in [-0.25, -0.2) is 0 Å². The van der Waals surface area contributed by atoms with Crippen LogP contribution < -0.4 is 9.47 Å². The summed E-state index contributed by atoms with van der Waals surface area (Å²) in [6.07, 6.45) is 2.54. The predicted octanol–water partition coefficient (Wildman–Crippen LogP) is 2.44. The van der Waals surface area contributed by atoms with E-state index in [1.807, 2.05) is 12.3 Å². The number of methoxy groups -OCH3 is 2. The third kappa shape index (κ3) is 3.30. The van der Waals surface area contributed by atoms with Gasteiger partial charge in [-0.2, -0.15) is 0 Å². The van der Waals surface area contributed by atoms with E-state index in [-0.39, 0.29) is 6.42 Å². The maximum atomic E-state index is 10.6. The molecule has 1 aromatic rings. The van der Waals surface area contributed by atoms with Crippen LogP contribution in [0.1, 0.15) is 12.0 Å². The normalized spacial score (nSPS) is 10.1. The van der Waals surface area contributed by atoms with E-state index in [4.69, 9.17) is 14.6 Å². The molecule has 0 saturated carbocycles. The SMILES string of the molecule is COc1ccc(CCC(=O)O)c(SC)c1OC. The standard InChI is InChI=1S/C12H16O4S/c1-15-9-6-4-8(5-7-10(13)14)12(17-3)11(9)16-2/h4,6H,5,7H2,1-3H3,(H,13,14). The third-order valence-electron chi connectivity index (χ3n) is 2.39. The Hall–Kier alpha value is -1.36. The minimum Gasteiger partial charge on any atom is -0.493 e. The summed E-state index contributed by atoms with van der Waals surface area (Å²) < 4.78 is 10.5. The van der Waals surface area contributed by atoms with Gasteiger partial charge in [0, 0.05) is 6.42 Å². The van der Waals surface area contributed by atoms with Crippen molar-refractivity contribution in [3.63, 3.8) is 0 Å². The van der Waals surface area contributed by atoms with Crippen LogP contribution in [0.2, 0.25) is 0 Å². The van der Waals surface area contributed by atoms with Crippen molar-refractivity contribution in [2.75, 3.05) is 20.5 Å². The fourth-order valence-electron chi connectivity index (χ4n) is 1.60. The molecular weight excluding hydrogens is 240 g/mol. The van der Waals surface area contributed by atoms with Crippen LogP contribution in [0.5, 0.6) is 11.5 Å². The number of hydrogen-bond acceptors (Lipinski definition) is 4. The minimum absolute atomic E-state index is 0.114. The zero-order valence-electron chi connectivity index (χ0n) is 10.1. The molecule has 0 aliphatic rings. The molecule has 0 unspecified atom stereocenters. The first kappa shape index (κ1) is 13.7. The topological polar surface area (TPSA) is 55.8 Å². The van der Waals surface area contributed by atoms with E-state index >= 15 is 0 Å². The second kappa shape index (κ2) is 6.39. The molecule has 0 radical (unpaired) electrons. The molecular formula is C12H16O4S. The number of carbonyl (C=O) groups is 1. The smallest absolute Gasteiger partial charge is 0.303 e. The van der Waals surface area contributed by atoms with Crippen molar-refractivity contribution in [3.05, 3.63) is 17.7 Å². The summed E-state index contributed by atoms with van der Waals surface area (Å²) in [6.45, 7) is 0. The van der Waals surface area contributed by atoms with Gasteiger partial charge in [0.15, 0.2) is 11.5 Å². The van der Waals surface area contributed by atoms with Crippen LogP contribution in [-0.4, -0.2) is 31.6 Å². The molecule has 17 heavy (non-hydrogen) atoms. The summed E-state index contributed by atoms with van der Waals surface area (Å²) in [5.74, 6) is 0.533. The number of ether oxygens (including phenoxy) is 2. The molecule has 0 heterocycles. The van der Waals surface area contributed by atoms with Crippen molar-refractivity contribution in [2.45, 2.75) is 17.7 Å². The molecule has 0 amide bonds. The Morgan fingerprint density at radius 1 is 1.35 bits per heavy atom. The Balaban J connectivity index is 3.09. The Morgan fingerprint density at radius 2 is 2.06 bits per heavy atom. The molecule has 4 nitrogen and oxygen atoms in total. The van der Waals surface area contributed by atoms with Crippen molar-refractivity contribution in [3.8, 4) is 11.5 Å². The zero-order valence-corrected chi connectivity index (χ0v) is 11.0. The number of rotatable bonds is 6. The van der Waals surface area contributed by atoms with Gasteiger partial charge in [-0.15, -0.1) is 11.8 Å². The van der Waals surface area contributed by atoms with Gasteiger partial charge in [0.2, 0.25) is 0 Å². The van der Waals surface area contributed by atoms with Crippen LogP contribution in [0.3, 0.4) is 0 Å². The number of hydrogen-bond donors (Lipinski definition) is 1. The lowest BCUT2D eigenvalue weighted by molar-refractivity contribution is -0.136. The minimum atomic E-state index is -0.799. The van der Waals surface area contributed by atoms with Crippen molar-refractivity contribution in [2.24, 2.45) is 0 Å². The van der Waals surface area contributed by atoms with Gasteiger partial charge in [-0.05, 0) is 24.3 Å². The van der Waals surface area contributed by atoms with Crippen LogP contribution in [0.25, 0.3) is 0 Å². The number of carboxylic acid groups (broad SMARTS) is 1. The van der Waals surface area contributed by atoms with Crippen molar-refractivity contribution in [1.29, 1.82) is 0 Å². The summed E-state index contributed by atoms with van der Waals surface area (Å²) in [6, 6.07) is 3.69. The summed E-state index contributed by atoms with van der Waals surface area (Å²) >= 11 is 1.53. The predicted molar refractivity (Wildman–Crippen MR) is 67.3 cm³/mol. The third-order valence-corrected chi connectivity index (χ3v) is 3.25. The lowest BCUT2D eigenvalue weighted by Crippen LogP contribution is -2.01. The van der Waals surface area contributed by atoms with Crippen LogP contribution >= 0.6 is 11.8 Å². The number of thioether (sulfide) groups is 1. The Morgan fingerprint density at radius 3 is 2.53 bits per heavy atom. The fourth-order valence-corrected chi connectivity index (χ4v) is 2.40. The zero-order chi connectivity index (χ0) is 12.8. The van der Waals surface area contributed by atoms with Crippen LogP contribution in [0.15, 0.2) is 17.0 Å². The first-order chi connectivity index (χ1) is 8.13. The monoisotopic (exact) mass is 256 g/mol. The average molecular weight is 256 g/mol. The van der Waals surface area contributed by atoms with Crippen molar-refractivity contribution < 1.29 is 19.4 Å². The highest BCUT2D eigenvalue weighted by Gasteiger charge is 2.14. The second-order valence-corrected chi connectivity index (χ2v) is 4.20. The number of benzene rings is 1. The molecule has 0 atom stereocenters. The molecule has 0 aliphatic carbocycles. The number of carboxylic acids is 1. The van der Waals surface area contributed by atoms with Gasteiger partial charge in [-0.3, -0.25) is 4.79 Å². The van der Waals surface area contributed by atoms with Gasteiger partial charge in [0.1, 0.15) is 0 Å². The van der Waals surface area contributed by atoms with E-state index in [9.17, 15) is 4.79 Å². The highest BCUT2D eigenvalue weighted by atomic mass is 32.2. The Kier molecular flexibility index (Phi) is 5.15. The summed E-state index contributed by atoms with van der Waals surface area (Å²) in [5.41, 5.74) is 0.970. The maximum Gasteiger partial charge on any atom is 0.303 e. The van der Waals surface area contributed by atoms with Gasteiger partial charge in [0.05, 0.1) is 19.1 Å². The first-order valence-electron chi connectivity index (χ1n) is 5.13. The van der Waals surface area contributed by atoms with E-state index in [0.29, 0.717) is 17.9 Å². The lowest BCUT2D eigenvalue weighted by atomic mass is 10.1. The van der Waals surface area contributed by atoms with E-state index in [1.54, 1.807) is 20.3 Å².